The van der Waals surface area contributed by atoms with Crippen molar-refractivity contribution in [2.24, 2.45) is 0 Å². The van der Waals surface area contributed by atoms with Gasteiger partial charge in [-0.05, 0) is 40.5 Å². The molecule has 17 heavy (non-hydrogen) atoms. The van der Waals surface area contributed by atoms with Crippen LogP contribution in [-0.4, -0.2) is 9.97 Å². The topological polar surface area (TPSA) is 63.8 Å². The van der Waals surface area contributed by atoms with Crippen LogP contribution < -0.4 is 11.1 Å². The summed E-state index contributed by atoms with van der Waals surface area (Å²) in [6.45, 7) is 2.62. The van der Waals surface area contributed by atoms with E-state index in [0.717, 1.165) is 15.7 Å². The van der Waals surface area contributed by atoms with Crippen molar-refractivity contribution in [1.82, 2.24) is 9.97 Å². The van der Waals surface area contributed by atoms with Gasteiger partial charge in [0.05, 0.1) is 5.69 Å². The number of hydrogen-bond donors (Lipinski definition) is 2. The molecule has 4 nitrogen and oxygen atoms in total. The molecule has 0 spiro atoms. The zero-order valence-corrected chi connectivity index (χ0v) is 11.0. The third-order valence-corrected chi connectivity index (χ3v) is 2.75. The van der Waals surface area contributed by atoms with E-state index in [0.29, 0.717) is 18.1 Å². The molecule has 0 unspecified atom stereocenters. The Balaban J connectivity index is 2.04. The molecule has 5 heteroatoms. The predicted octanol–water partition coefficient (Wildman–Crippen LogP) is 2.74. The lowest BCUT2D eigenvalue weighted by atomic mass is 10.2. The molecule has 0 aliphatic heterocycles. The Labute approximate surface area is 108 Å². The molecular weight excluding hydrogens is 280 g/mol. The highest BCUT2D eigenvalue weighted by atomic mass is 79.9. The zero-order chi connectivity index (χ0) is 12.3. The van der Waals surface area contributed by atoms with Crippen LogP contribution in [-0.2, 0) is 6.54 Å². The Morgan fingerprint density at radius 3 is 2.76 bits per heavy atom. The number of aromatic nitrogens is 2. The summed E-state index contributed by atoms with van der Waals surface area (Å²) in [7, 11) is 0. The molecule has 0 radical (unpaired) electrons. The smallest absolute Gasteiger partial charge is 0.149 e. The van der Waals surface area contributed by atoms with Gasteiger partial charge in [-0.2, -0.15) is 0 Å². The summed E-state index contributed by atoms with van der Waals surface area (Å²) in [6, 6.07) is 5.84. The van der Waals surface area contributed by atoms with Crippen molar-refractivity contribution < 1.29 is 0 Å². The molecule has 0 fully saturated rings. The fraction of sp³-hybridized carbons (Fsp3) is 0.167. The summed E-state index contributed by atoms with van der Waals surface area (Å²) < 4.78 is 0.873. The van der Waals surface area contributed by atoms with Crippen LogP contribution in [0.3, 0.4) is 0 Å². The minimum atomic E-state index is 0.624. The van der Waals surface area contributed by atoms with Crippen LogP contribution in [0.5, 0.6) is 0 Å². The van der Waals surface area contributed by atoms with Gasteiger partial charge in [-0.3, -0.25) is 4.98 Å². The molecule has 2 aromatic heterocycles. The predicted molar refractivity (Wildman–Crippen MR) is 72.7 cm³/mol. The van der Waals surface area contributed by atoms with Gasteiger partial charge in [0.2, 0.25) is 0 Å². The quantitative estimate of drug-likeness (QED) is 0.913. The highest BCUT2D eigenvalue weighted by Gasteiger charge is 2.01. The molecule has 0 aromatic carbocycles. The number of aryl methyl sites for hydroxylation is 1. The summed E-state index contributed by atoms with van der Waals surface area (Å²) in [6.07, 6.45) is 3.56. The molecule has 2 rings (SSSR count). The number of nitrogen functional groups attached to an aromatic ring is 1. The van der Waals surface area contributed by atoms with Gasteiger partial charge in [0.25, 0.3) is 0 Å². The second-order valence-electron chi connectivity index (χ2n) is 3.75. The maximum Gasteiger partial charge on any atom is 0.149 e. The van der Waals surface area contributed by atoms with Crippen LogP contribution in [0.15, 0.2) is 35.1 Å². The number of rotatable bonds is 3. The third kappa shape index (κ3) is 3.17. The number of hydrogen-bond acceptors (Lipinski definition) is 4. The molecule has 0 aliphatic rings. The van der Waals surface area contributed by atoms with Crippen molar-refractivity contribution in [2.75, 3.05) is 11.1 Å². The van der Waals surface area contributed by atoms with E-state index in [-0.39, 0.29) is 0 Å². The Morgan fingerprint density at radius 2 is 2.12 bits per heavy atom. The fourth-order valence-electron chi connectivity index (χ4n) is 1.39. The largest absolute Gasteiger partial charge is 0.396 e. The van der Waals surface area contributed by atoms with Crippen molar-refractivity contribution >= 4 is 27.4 Å². The van der Waals surface area contributed by atoms with Crippen molar-refractivity contribution in [3.8, 4) is 0 Å². The molecule has 0 atom stereocenters. The van der Waals surface area contributed by atoms with Gasteiger partial charge in [0.15, 0.2) is 0 Å². The number of nitrogens with two attached hydrogens (primary N) is 1. The van der Waals surface area contributed by atoms with Gasteiger partial charge < -0.3 is 11.1 Å². The normalized spacial score (nSPS) is 10.2. The molecule has 2 aromatic rings. The van der Waals surface area contributed by atoms with Gasteiger partial charge in [-0.15, -0.1) is 0 Å². The monoisotopic (exact) mass is 292 g/mol. The lowest BCUT2D eigenvalue weighted by Gasteiger charge is -2.08. The molecule has 0 bridgehead atoms. The molecule has 3 N–H and O–H groups in total. The van der Waals surface area contributed by atoms with Gasteiger partial charge in [-0.25, -0.2) is 4.98 Å². The van der Waals surface area contributed by atoms with E-state index in [1.54, 1.807) is 6.20 Å². The van der Waals surface area contributed by atoms with Gasteiger partial charge in [-0.1, -0.05) is 6.07 Å². The van der Waals surface area contributed by atoms with E-state index >= 15 is 0 Å². The van der Waals surface area contributed by atoms with E-state index in [9.17, 15) is 0 Å². The lowest BCUT2D eigenvalue weighted by Crippen LogP contribution is -2.04. The Bertz CT molecular complexity index is 510. The van der Waals surface area contributed by atoms with Gasteiger partial charge >= 0.3 is 0 Å². The molecule has 0 saturated carbocycles. The Hall–Kier alpha value is -1.62. The van der Waals surface area contributed by atoms with E-state index in [1.165, 1.54) is 0 Å². The number of pyridine rings is 2. The van der Waals surface area contributed by atoms with Crippen molar-refractivity contribution in [1.29, 1.82) is 0 Å². The molecular formula is C12H13BrN4. The van der Waals surface area contributed by atoms with E-state index in [2.05, 4.69) is 31.2 Å². The second-order valence-corrected chi connectivity index (χ2v) is 4.67. The first-order valence-corrected chi connectivity index (χ1v) is 6.01. The molecule has 0 amide bonds. The standard InChI is InChI=1S/C12H13BrN4/c1-8-2-3-9(5-15-8)6-16-12-11(14)4-10(13)7-17-12/h2-5,7H,6,14H2,1H3,(H,16,17). The number of halogens is 1. The van der Waals surface area contributed by atoms with Crippen molar-refractivity contribution in [3.05, 3.63) is 46.3 Å². The fourth-order valence-corrected chi connectivity index (χ4v) is 1.74. The summed E-state index contributed by atoms with van der Waals surface area (Å²) >= 11 is 3.32. The average molecular weight is 293 g/mol. The first-order chi connectivity index (χ1) is 8.15. The summed E-state index contributed by atoms with van der Waals surface area (Å²) in [5.74, 6) is 0.689. The van der Waals surface area contributed by atoms with E-state index in [1.807, 2.05) is 31.3 Å². The van der Waals surface area contributed by atoms with E-state index in [4.69, 9.17) is 5.73 Å². The number of nitrogens with zero attached hydrogens (tertiary/aromatic N) is 2. The lowest BCUT2D eigenvalue weighted by molar-refractivity contribution is 1.07. The summed E-state index contributed by atoms with van der Waals surface area (Å²) in [5.41, 5.74) is 8.57. The Morgan fingerprint density at radius 1 is 1.29 bits per heavy atom. The minimum absolute atomic E-state index is 0.624. The van der Waals surface area contributed by atoms with Crippen molar-refractivity contribution in [3.63, 3.8) is 0 Å². The van der Waals surface area contributed by atoms with Crippen molar-refractivity contribution in [2.45, 2.75) is 13.5 Å². The molecule has 0 aliphatic carbocycles. The van der Waals surface area contributed by atoms with Crippen LogP contribution in [0, 0.1) is 6.92 Å². The minimum Gasteiger partial charge on any atom is -0.396 e. The first-order valence-electron chi connectivity index (χ1n) is 5.21. The average Bonchev–Trinajstić information content (AvgIpc) is 2.30. The summed E-state index contributed by atoms with van der Waals surface area (Å²) in [4.78, 5) is 8.44. The molecule has 0 saturated heterocycles. The maximum atomic E-state index is 5.84. The highest BCUT2D eigenvalue weighted by Crippen LogP contribution is 2.20. The van der Waals surface area contributed by atoms with Crippen LogP contribution in [0.2, 0.25) is 0 Å². The van der Waals surface area contributed by atoms with Crippen LogP contribution in [0.1, 0.15) is 11.3 Å². The number of anilines is 2. The maximum absolute atomic E-state index is 5.84. The molecule has 88 valence electrons. The SMILES string of the molecule is Cc1ccc(CNc2ncc(Br)cc2N)cn1. The first kappa shape index (κ1) is 11.9. The Kier molecular flexibility index (Phi) is 3.58. The van der Waals surface area contributed by atoms with Crippen LogP contribution in [0.4, 0.5) is 11.5 Å². The zero-order valence-electron chi connectivity index (χ0n) is 9.44. The second kappa shape index (κ2) is 5.14. The molecule has 2 heterocycles. The number of nitrogens with one attached hydrogen (secondary N) is 1. The van der Waals surface area contributed by atoms with Gasteiger partial charge in [0, 0.05) is 29.1 Å². The van der Waals surface area contributed by atoms with Gasteiger partial charge in [0.1, 0.15) is 5.82 Å². The van der Waals surface area contributed by atoms with Crippen LogP contribution in [0.25, 0.3) is 0 Å². The summed E-state index contributed by atoms with van der Waals surface area (Å²) in [5, 5.41) is 3.18. The third-order valence-electron chi connectivity index (χ3n) is 2.32. The van der Waals surface area contributed by atoms with Crippen LogP contribution >= 0.6 is 15.9 Å². The van der Waals surface area contributed by atoms with E-state index < -0.39 is 0 Å². The highest BCUT2D eigenvalue weighted by molar-refractivity contribution is 9.10.